The van der Waals surface area contributed by atoms with E-state index in [-0.39, 0.29) is 0 Å². The van der Waals surface area contributed by atoms with Crippen LogP contribution in [0.2, 0.25) is 0 Å². The Hall–Kier alpha value is -1.55. The van der Waals surface area contributed by atoms with Gasteiger partial charge in [-0.2, -0.15) is 0 Å². The molecule has 0 saturated carbocycles. The quantitative estimate of drug-likeness (QED) is 0.680. The summed E-state index contributed by atoms with van der Waals surface area (Å²) in [5, 5.41) is 1.80. The van der Waals surface area contributed by atoms with Gasteiger partial charge in [0, 0.05) is 23.3 Å². The first kappa shape index (κ1) is 8.07. The highest BCUT2D eigenvalue weighted by Crippen LogP contribution is 2.23. The Balaban J connectivity index is 2.41. The number of nitrogens with zero attached hydrogens (tertiary/aromatic N) is 2. The zero-order valence-corrected chi connectivity index (χ0v) is 7.49. The Morgan fingerprint density at radius 3 is 2.92 bits per heavy atom. The lowest BCUT2D eigenvalue weighted by Gasteiger charge is -1.91. The molecule has 0 spiro atoms. The molecule has 0 aliphatic heterocycles. The smallest absolute Gasteiger partial charge is 0.150 e. The van der Waals surface area contributed by atoms with Crippen molar-refractivity contribution >= 4 is 17.6 Å². The summed E-state index contributed by atoms with van der Waals surface area (Å²) in [6.45, 7) is 0. The molecule has 64 valence electrons. The van der Waals surface area contributed by atoms with E-state index in [0.29, 0.717) is 5.56 Å². The molecule has 2 aromatic rings. The van der Waals surface area contributed by atoms with Gasteiger partial charge in [-0.25, -0.2) is 0 Å². The third kappa shape index (κ3) is 1.62. The molecular weight excluding hydrogens is 184 g/mol. The fourth-order valence-electron chi connectivity index (χ4n) is 0.973. The number of thiophene rings is 1. The minimum Gasteiger partial charge on any atom is -0.298 e. The maximum Gasteiger partial charge on any atom is 0.150 e. The van der Waals surface area contributed by atoms with E-state index in [4.69, 9.17) is 0 Å². The summed E-state index contributed by atoms with van der Waals surface area (Å²) in [5.41, 5.74) is 1.49. The molecule has 0 unspecified atom stereocenters. The van der Waals surface area contributed by atoms with Crippen LogP contribution in [0.4, 0.5) is 0 Å². The topological polar surface area (TPSA) is 42.9 Å². The van der Waals surface area contributed by atoms with Gasteiger partial charge in [-0.15, -0.1) is 11.3 Å². The first-order valence-corrected chi connectivity index (χ1v) is 4.58. The first-order chi connectivity index (χ1) is 6.40. The molecule has 2 rings (SSSR count). The molecule has 0 N–H and O–H groups in total. The molecule has 0 atom stereocenters. The van der Waals surface area contributed by atoms with Crippen LogP contribution in [-0.4, -0.2) is 16.3 Å². The van der Waals surface area contributed by atoms with E-state index in [2.05, 4.69) is 9.97 Å². The van der Waals surface area contributed by atoms with Gasteiger partial charge in [0.25, 0.3) is 0 Å². The predicted molar refractivity (Wildman–Crippen MR) is 50.7 cm³/mol. The monoisotopic (exact) mass is 190 g/mol. The summed E-state index contributed by atoms with van der Waals surface area (Å²) in [6, 6.07) is 1.81. The molecule has 0 aliphatic rings. The summed E-state index contributed by atoms with van der Waals surface area (Å²) in [7, 11) is 0. The van der Waals surface area contributed by atoms with Crippen LogP contribution in [0.5, 0.6) is 0 Å². The van der Waals surface area contributed by atoms with Crippen LogP contribution in [0.15, 0.2) is 30.0 Å². The highest BCUT2D eigenvalue weighted by atomic mass is 32.1. The predicted octanol–water partition coefficient (Wildman–Crippen LogP) is 2.02. The minimum atomic E-state index is 0.686. The molecule has 0 radical (unpaired) electrons. The molecule has 0 fully saturated rings. The molecule has 13 heavy (non-hydrogen) atoms. The average Bonchev–Trinajstić information content (AvgIpc) is 2.67. The van der Waals surface area contributed by atoms with Crippen molar-refractivity contribution in [1.29, 1.82) is 0 Å². The second-order valence-electron chi connectivity index (χ2n) is 2.45. The third-order valence-electron chi connectivity index (χ3n) is 1.57. The maximum absolute atomic E-state index is 10.4. The van der Waals surface area contributed by atoms with E-state index in [1.54, 1.807) is 24.0 Å². The Bertz CT molecular complexity index is 411. The fraction of sp³-hybridized carbons (Fsp3) is 0. The van der Waals surface area contributed by atoms with Crippen molar-refractivity contribution in [3.8, 4) is 10.6 Å². The Morgan fingerprint density at radius 2 is 2.31 bits per heavy atom. The van der Waals surface area contributed by atoms with Crippen molar-refractivity contribution in [1.82, 2.24) is 9.97 Å². The molecular formula is C9H6N2OS. The normalized spacial score (nSPS) is 9.85. The van der Waals surface area contributed by atoms with E-state index in [1.807, 2.05) is 6.07 Å². The number of aldehydes is 1. The van der Waals surface area contributed by atoms with Gasteiger partial charge in [-0.05, 0) is 6.07 Å². The number of hydrogen-bond donors (Lipinski definition) is 0. The van der Waals surface area contributed by atoms with Gasteiger partial charge in [0.1, 0.15) is 0 Å². The van der Waals surface area contributed by atoms with Crippen molar-refractivity contribution in [2.24, 2.45) is 0 Å². The Kier molecular flexibility index (Phi) is 2.14. The molecule has 2 heterocycles. The van der Waals surface area contributed by atoms with Crippen molar-refractivity contribution in [3.05, 3.63) is 35.6 Å². The molecule has 0 amide bonds. The maximum atomic E-state index is 10.4. The lowest BCUT2D eigenvalue weighted by Crippen LogP contribution is -1.79. The standard InChI is InChI=1S/C9H6N2OS/c12-5-7-3-9(13-6-7)8-4-10-1-2-11-8/h1-6H. The number of carbonyl (C=O) groups is 1. The van der Waals surface area contributed by atoms with Gasteiger partial charge in [0.05, 0.1) is 16.8 Å². The van der Waals surface area contributed by atoms with Crippen molar-refractivity contribution in [2.45, 2.75) is 0 Å². The zero-order valence-electron chi connectivity index (χ0n) is 6.68. The zero-order chi connectivity index (χ0) is 9.10. The van der Waals surface area contributed by atoms with E-state index in [9.17, 15) is 4.79 Å². The number of rotatable bonds is 2. The number of carbonyl (C=O) groups excluding carboxylic acids is 1. The van der Waals surface area contributed by atoms with Gasteiger partial charge in [-0.3, -0.25) is 14.8 Å². The van der Waals surface area contributed by atoms with Crippen molar-refractivity contribution in [3.63, 3.8) is 0 Å². The van der Waals surface area contributed by atoms with Gasteiger partial charge < -0.3 is 0 Å². The van der Waals surface area contributed by atoms with E-state index in [0.717, 1.165) is 16.9 Å². The van der Waals surface area contributed by atoms with Gasteiger partial charge in [0.15, 0.2) is 6.29 Å². The molecule has 0 aromatic carbocycles. The van der Waals surface area contributed by atoms with Crippen LogP contribution < -0.4 is 0 Å². The highest BCUT2D eigenvalue weighted by Gasteiger charge is 2.02. The minimum absolute atomic E-state index is 0.686. The van der Waals surface area contributed by atoms with Crippen molar-refractivity contribution in [2.75, 3.05) is 0 Å². The van der Waals surface area contributed by atoms with Crippen molar-refractivity contribution < 1.29 is 4.79 Å². The fourth-order valence-corrected chi connectivity index (χ4v) is 1.79. The summed E-state index contributed by atoms with van der Waals surface area (Å²) >= 11 is 1.49. The largest absolute Gasteiger partial charge is 0.298 e. The van der Waals surface area contributed by atoms with E-state index in [1.165, 1.54) is 11.3 Å². The summed E-state index contributed by atoms with van der Waals surface area (Å²) in [4.78, 5) is 19.5. The van der Waals surface area contributed by atoms with Crippen LogP contribution in [0.3, 0.4) is 0 Å². The molecule has 4 heteroatoms. The van der Waals surface area contributed by atoms with Crippen LogP contribution in [0.1, 0.15) is 10.4 Å². The van der Waals surface area contributed by atoms with Crippen LogP contribution >= 0.6 is 11.3 Å². The summed E-state index contributed by atoms with van der Waals surface area (Å²) in [6.07, 6.45) is 5.77. The highest BCUT2D eigenvalue weighted by molar-refractivity contribution is 7.13. The second-order valence-corrected chi connectivity index (χ2v) is 3.36. The molecule has 0 bridgehead atoms. The van der Waals surface area contributed by atoms with Gasteiger partial charge in [0.2, 0.25) is 0 Å². The van der Waals surface area contributed by atoms with Crippen LogP contribution in [0, 0.1) is 0 Å². The molecule has 2 aromatic heterocycles. The first-order valence-electron chi connectivity index (χ1n) is 3.70. The van der Waals surface area contributed by atoms with E-state index >= 15 is 0 Å². The third-order valence-corrected chi connectivity index (χ3v) is 2.54. The van der Waals surface area contributed by atoms with E-state index < -0.39 is 0 Å². The molecule has 0 saturated heterocycles. The lowest BCUT2D eigenvalue weighted by molar-refractivity contribution is 0.112. The molecule has 0 aliphatic carbocycles. The number of aromatic nitrogens is 2. The summed E-state index contributed by atoms with van der Waals surface area (Å²) in [5.74, 6) is 0. The Morgan fingerprint density at radius 1 is 1.38 bits per heavy atom. The van der Waals surface area contributed by atoms with Gasteiger partial charge in [-0.1, -0.05) is 0 Å². The average molecular weight is 190 g/mol. The lowest BCUT2D eigenvalue weighted by atomic mass is 10.3. The van der Waals surface area contributed by atoms with Crippen LogP contribution in [-0.2, 0) is 0 Å². The number of hydrogen-bond acceptors (Lipinski definition) is 4. The molecule has 3 nitrogen and oxygen atoms in total. The Labute approximate surface area is 79.1 Å². The van der Waals surface area contributed by atoms with Gasteiger partial charge >= 0.3 is 0 Å². The van der Waals surface area contributed by atoms with Crippen LogP contribution in [0.25, 0.3) is 10.6 Å². The second kappa shape index (κ2) is 3.45. The summed E-state index contributed by atoms with van der Waals surface area (Å²) < 4.78 is 0. The SMILES string of the molecule is O=Cc1csc(-c2cnccn2)c1.